The molecule has 0 fully saturated rings. The zero-order chi connectivity index (χ0) is 12.3. The number of aromatic amines is 1. The largest absolute Gasteiger partial charge is 0.416 e. The van der Waals surface area contributed by atoms with Crippen LogP contribution >= 0.6 is 0 Å². The number of H-pyrrole nitrogens is 1. The van der Waals surface area contributed by atoms with Crippen LogP contribution in [-0.2, 0) is 12.7 Å². The second kappa shape index (κ2) is 4.53. The number of nitrogens with one attached hydrogen (secondary N) is 2. The van der Waals surface area contributed by atoms with Crippen LogP contribution in [0.2, 0.25) is 0 Å². The number of halogens is 3. The van der Waals surface area contributed by atoms with Crippen molar-refractivity contribution >= 4 is 5.69 Å². The van der Waals surface area contributed by atoms with Crippen LogP contribution in [0.1, 0.15) is 11.1 Å². The zero-order valence-electron chi connectivity index (χ0n) is 8.88. The van der Waals surface area contributed by atoms with Crippen LogP contribution in [0.4, 0.5) is 18.9 Å². The van der Waals surface area contributed by atoms with Gasteiger partial charge in [0.2, 0.25) is 0 Å². The van der Waals surface area contributed by atoms with E-state index < -0.39 is 11.7 Å². The van der Waals surface area contributed by atoms with E-state index in [-0.39, 0.29) is 0 Å². The maximum absolute atomic E-state index is 12.3. The van der Waals surface area contributed by atoms with Gasteiger partial charge in [0.1, 0.15) is 0 Å². The number of rotatable bonds is 3. The van der Waals surface area contributed by atoms with E-state index in [9.17, 15) is 13.2 Å². The Hall–Kier alpha value is -1.91. The highest BCUT2D eigenvalue weighted by Gasteiger charge is 2.29. The first-order chi connectivity index (χ1) is 8.05. The average molecular weight is 240 g/mol. The standard InChI is InChI=1S/C12H11F3N2/c13-12(14,15)10-3-1-9(2-4-10)7-17-11-5-6-16-8-11/h1-6,8,16-17H,7H2. The third-order valence-electron chi connectivity index (χ3n) is 2.38. The molecule has 0 atom stereocenters. The molecule has 0 saturated heterocycles. The quantitative estimate of drug-likeness (QED) is 0.842. The molecular formula is C12H11F3N2. The van der Waals surface area contributed by atoms with E-state index in [2.05, 4.69) is 10.3 Å². The Bertz CT molecular complexity index is 457. The van der Waals surface area contributed by atoms with Crippen molar-refractivity contribution in [2.45, 2.75) is 12.7 Å². The van der Waals surface area contributed by atoms with E-state index >= 15 is 0 Å². The lowest BCUT2D eigenvalue weighted by atomic mass is 10.1. The van der Waals surface area contributed by atoms with Crippen molar-refractivity contribution in [3.8, 4) is 0 Å². The van der Waals surface area contributed by atoms with E-state index in [0.717, 1.165) is 23.4 Å². The Balaban J connectivity index is 1.99. The summed E-state index contributed by atoms with van der Waals surface area (Å²) in [6.45, 7) is 0.496. The van der Waals surface area contributed by atoms with Gasteiger partial charge in [-0.1, -0.05) is 12.1 Å². The molecule has 0 aliphatic rings. The summed E-state index contributed by atoms with van der Waals surface area (Å²) in [6.07, 6.45) is -0.717. The van der Waals surface area contributed by atoms with Gasteiger partial charge in [-0.05, 0) is 23.8 Å². The Morgan fingerprint density at radius 2 is 1.76 bits per heavy atom. The van der Waals surface area contributed by atoms with Crippen LogP contribution in [-0.4, -0.2) is 4.98 Å². The third kappa shape index (κ3) is 3.03. The lowest BCUT2D eigenvalue weighted by Gasteiger charge is -2.08. The van der Waals surface area contributed by atoms with Gasteiger partial charge in [-0.3, -0.25) is 0 Å². The number of hydrogen-bond donors (Lipinski definition) is 2. The Morgan fingerprint density at radius 1 is 1.06 bits per heavy atom. The molecule has 0 amide bonds. The van der Waals surface area contributed by atoms with Crippen molar-refractivity contribution in [1.82, 2.24) is 4.98 Å². The summed E-state index contributed by atoms with van der Waals surface area (Å²) in [7, 11) is 0. The van der Waals surface area contributed by atoms with Crippen LogP contribution in [0, 0.1) is 0 Å². The predicted octanol–water partition coefficient (Wildman–Crippen LogP) is 3.65. The van der Waals surface area contributed by atoms with E-state index in [1.54, 1.807) is 12.4 Å². The van der Waals surface area contributed by atoms with Crippen molar-refractivity contribution in [2.75, 3.05) is 5.32 Å². The van der Waals surface area contributed by atoms with Gasteiger partial charge in [0, 0.05) is 18.9 Å². The lowest BCUT2D eigenvalue weighted by Crippen LogP contribution is -2.05. The molecule has 1 aromatic heterocycles. The molecule has 1 heterocycles. The Labute approximate surface area is 96.5 Å². The highest BCUT2D eigenvalue weighted by Crippen LogP contribution is 2.29. The summed E-state index contributed by atoms with van der Waals surface area (Å²) in [6, 6.07) is 6.98. The third-order valence-corrected chi connectivity index (χ3v) is 2.38. The van der Waals surface area contributed by atoms with Gasteiger partial charge in [0.05, 0.1) is 11.3 Å². The van der Waals surface area contributed by atoms with Gasteiger partial charge >= 0.3 is 6.18 Å². The number of hydrogen-bond acceptors (Lipinski definition) is 1. The molecule has 2 nitrogen and oxygen atoms in total. The summed E-state index contributed by atoms with van der Waals surface area (Å²) in [5, 5.41) is 3.09. The van der Waals surface area contributed by atoms with Crippen molar-refractivity contribution in [1.29, 1.82) is 0 Å². The number of anilines is 1. The second-order valence-electron chi connectivity index (χ2n) is 3.65. The molecule has 0 spiro atoms. The van der Waals surface area contributed by atoms with Gasteiger partial charge < -0.3 is 10.3 Å². The highest BCUT2D eigenvalue weighted by molar-refractivity contribution is 5.41. The molecule has 90 valence electrons. The molecule has 17 heavy (non-hydrogen) atoms. The van der Waals surface area contributed by atoms with E-state index in [4.69, 9.17) is 0 Å². The van der Waals surface area contributed by atoms with E-state index in [1.165, 1.54) is 12.1 Å². The molecule has 0 aliphatic carbocycles. The summed E-state index contributed by atoms with van der Waals surface area (Å²) >= 11 is 0. The molecule has 2 aromatic rings. The summed E-state index contributed by atoms with van der Waals surface area (Å²) in [5.74, 6) is 0. The number of benzene rings is 1. The molecule has 0 saturated carbocycles. The fourth-order valence-corrected chi connectivity index (χ4v) is 1.45. The highest BCUT2D eigenvalue weighted by atomic mass is 19.4. The molecule has 0 bridgehead atoms. The molecule has 2 N–H and O–H groups in total. The Kier molecular flexibility index (Phi) is 3.08. The monoisotopic (exact) mass is 240 g/mol. The van der Waals surface area contributed by atoms with Gasteiger partial charge in [0.25, 0.3) is 0 Å². The van der Waals surface area contributed by atoms with Gasteiger partial charge in [-0.15, -0.1) is 0 Å². The van der Waals surface area contributed by atoms with Crippen molar-refractivity contribution in [3.05, 3.63) is 53.9 Å². The molecule has 1 aromatic carbocycles. The molecule has 0 radical (unpaired) electrons. The SMILES string of the molecule is FC(F)(F)c1ccc(CNc2cc[nH]c2)cc1. The minimum absolute atomic E-state index is 0.496. The van der Waals surface area contributed by atoms with Crippen LogP contribution in [0.5, 0.6) is 0 Å². The zero-order valence-corrected chi connectivity index (χ0v) is 8.88. The minimum atomic E-state index is -4.27. The van der Waals surface area contributed by atoms with Crippen LogP contribution in [0.25, 0.3) is 0 Å². The maximum Gasteiger partial charge on any atom is 0.416 e. The maximum atomic E-state index is 12.3. The van der Waals surface area contributed by atoms with Crippen molar-refractivity contribution < 1.29 is 13.2 Å². The van der Waals surface area contributed by atoms with E-state index in [0.29, 0.717) is 6.54 Å². The van der Waals surface area contributed by atoms with Crippen LogP contribution in [0.3, 0.4) is 0 Å². The van der Waals surface area contributed by atoms with Gasteiger partial charge in [0.15, 0.2) is 0 Å². The van der Waals surface area contributed by atoms with Crippen molar-refractivity contribution in [3.63, 3.8) is 0 Å². The fraction of sp³-hybridized carbons (Fsp3) is 0.167. The summed E-state index contributed by atoms with van der Waals surface area (Å²) in [5.41, 5.74) is 1.09. The molecule has 0 unspecified atom stereocenters. The van der Waals surface area contributed by atoms with Crippen molar-refractivity contribution in [2.24, 2.45) is 0 Å². The number of alkyl halides is 3. The van der Waals surface area contributed by atoms with Gasteiger partial charge in [-0.2, -0.15) is 13.2 Å². The first kappa shape index (κ1) is 11.6. The minimum Gasteiger partial charge on any atom is -0.380 e. The number of aromatic nitrogens is 1. The van der Waals surface area contributed by atoms with E-state index in [1.807, 2.05) is 6.07 Å². The lowest BCUT2D eigenvalue weighted by molar-refractivity contribution is -0.137. The average Bonchev–Trinajstić information content (AvgIpc) is 2.78. The molecule has 2 rings (SSSR count). The smallest absolute Gasteiger partial charge is 0.380 e. The second-order valence-corrected chi connectivity index (χ2v) is 3.65. The van der Waals surface area contributed by atoms with Crippen LogP contribution in [0.15, 0.2) is 42.7 Å². The van der Waals surface area contributed by atoms with Gasteiger partial charge in [-0.25, -0.2) is 0 Å². The first-order valence-electron chi connectivity index (χ1n) is 5.08. The Morgan fingerprint density at radius 3 is 2.29 bits per heavy atom. The topological polar surface area (TPSA) is 27.8 Å². The fourth-order valence-electron chi connectivity index (χ4n) is 1.45. The summed E-state index contributed by atoms with van der Waals surface area (Å²) in [4.78, 5) is 2.88. The molecule has 0 aliphatic heterocycles. The van der Waals surface area contributed by atoms with Crippen LogP contribution < -0.4 is 5.32 Å². The predicted molar refractivity (Wildman–Crippen MR) is 59.6 cm³/mol. The summed E-state index contributed by atoms with van der Waals surface area (Å²) < 4.78 is 36.9. The first-order valence-corrected chi connectivity index (χ1v) is 5.08. The molecular weight excluding hydrogens is 229 g/mol. The normalized spacial score (nSPS) is 11.5. The molecule has 5 heteroatoms.